The second kappa shape index (κ2) is 11.4. The van der Waals surface area contributed by atoms with Gasteiger partial charge in [-0.3, -0.25) is 9.69 Å². The highest BCUT2D eigenvalue weighted by Crippen LogP contribution is 2.17. The molecular formula is C22H27N5O2S2. The summed E-state index contributed by atoms with van der Waals surface area (Å²) >= 11 is 3.18. The molecule has 164 valence electrons. The number of amides is 1. The third-order valence-electron chi connectivity index (χ3n) is 5.18. The van der Waals surface area contributed by atoms with Crippen molar-refractivity contribution in [2.45, 2.75) is 31.2 Å². The molecule has 9 heteroatoms. The van der Waals surface area contributed by atoms with E-state index in [4.69, 9.17) is 4.74 Å². The average Bonchev–Trinajstić information content (AvgIpc) is 3.48. The number of rotatable bonds is 10. The van der Waals surface area contributed by atoms with Crippen molar-refractivity contribution in [3.8, 4) is 0 Å². The largest absolute Gasteiger partial charge is 0.379 e. The minimum atomic E-state index is -0.000942. The number of thioether (sulfide) groups is 1. The molecule has 1 amide bonds. The summed E-state index contributed by atoms with van der Waals surface area (Å²) in [6.45, 7) is 5.70. The van der Waals surface area contributed by atoms with Crippen molar-refractivity contribution in [2.24, 2.45) is 0 Å². The van der Waals surface area contributed by atoms with E-state index in [1.165, 1.54) is 22.2 Å². The van der Waals surface area contributed by atoms with Crippen molar-refractivity contribution < 1.29 is 9.53 Å². The zero-order chi connectivity index (χ0) is 21.3. The Morgan fingerprint density at radius 3 is 2.81 bits per heavy atom. The summed E-state index contributed by atoms with van der Waals surface area (Å²) in [4.78, 5) is 16.2. The molecule has 0 spiro atoms. The topological polar surface area (TPSA) is 72.3 Å². The fourth-order valence-corrected chi connectivity index (χ4v) is 4.92. The molecule has 3 aromatic rings. The van der Waals surface area contributed by atoms with Gasteiger partial charge in [-0.2, -0.15) is 0 Å². The molecule has 1 aliphatic heterocycles. The van der Waals surface area contributed by atoms with Crippen LogP contribution in [0.4, 0.5) is 0 Å². The highest BCUT2D eigenvalue weighted by atomic mass is 32.2. The van der Waals surface area contributed by atoms with Crippen LogP contribution < -0.4 is 5.32 Å². The first kappa shape index (κ1) is 22.0. The van der Waals surface area contributed by atoms with Crippen molar-refractivity contribution in [3.05, 3.63) is 64.1 Å². The van der Waals surface area contributed by atoms with Gasteiger partial charge in [0.15, 0.2) is 5.16 Å². The maximum Gasteiger partial charge on any atom is 0.230 e. The number of hydrogen-bond acceptors (Lipinski definition) is 7. The van der Waals surface area contributed by atoms with E-state index < -0.39 is 0 Å². The summed E-state index contributed by atoms with van der Waals surface area (Å²) < 4.78 is 7.44. The minimum absolute atomic E-state index is 0.000942. The summed E-state index contributed by atoms with van der Waals surface area (Å²) in [6, 6.07) is 12.5. The molecule has 1 N–H and O–H groups in total. The SMILES string of the molecule is O=C(CSc1nncn1CCc1cccs1)NCc1ccccc1CN1CCOCC1. The Balaban J connectivity index is 1.24. The van der Waals surface area contributed by atoms with Crippen LogP contribution in [-0.4, -0.2) is 57.6 Å². The van der Waals surface area contributed by atoms with Crippen LogP contribution in [0.2, 0.25) is 0 Å². The Kier molecular flexibility index (Phi) is 8.11. The second-order valence-electron chi connectivity index (χ2n) is 7.36. The van der Waals surface area contributed by atoms with E-state index in [2.05, 4.69) is 56.1 Å². The molecule has 0 bridgehead atoms. The van der Waals surface area contributed by atoms with Gasteiger partial charge in [-0.15, -0.1) is 21.5 Å². The van der Waals surface area contributed by atoms with Gasteiger partial charge in [0.1, 0.15) is 6.33 Å². The van der Waals surface area contributed by atoms with E-state index in [-0.39, 0.29) is 5.91 Å². The molecule has 2 aromatic heterocycles. The third-order valence-corrected chi connectivity index (χ3v) is 7.10. The number of morpholine rings is 1. The molecule has 0 radical (unpaired) electrons. The summed E-state index contributed by atoms with van der Waals surface area (Å²) in [5.74, 6) is 0.322. The monoisotopic (exact) mass is 457 g/mol. The number of nitrogens with zero attached hydrogens (tertiary/aromatic N) is 4. The number of thiophene rings is 1. The van der Waals surface area contributed by atoms with Crippen LogP contribution in [-0.2, 0) is 35.6 Å². The van der Waals surface area contributed by atoms with Crippen LogP contribution in [0, 0.1) is 0 Å². The van der Waals surface area contributed by atoms with E-state index in [1.807, 2.05) is 10.6 Å². The van der Waals surface area contributed by atoms with E-state index in [1.54, 1.807) is 17.7 Å². The summed E-state index contributed by atoms with van der Waals surface area (Å²) in [7, 11) is 0. The lowest BCUT2D eigenvalue weighted by molar-refractivity contribution is -0.118. The highest BCUT2D eigenvalue weighted by Gasteiger charge is 2.14. The molecule has 1 aliphatic rings. The zero-order valence-corrected chi connectivity index (χ0v) is 19.0. The fraction of sp³-hybridized carbons (Fsp3) is 0.409. The zero-order valence-electron chi connectivity index (χ0n) is 17.4. The normalized spacial score (nSPS) is 14.6. The molecule has 0 unspecified atom stereocenters. The van der Waals surface area contributed by atoms with Gasteiger partial charge in [0.25, 0.3) is 0 Å². The van der Waals surface area contributed by atoms with Gasteiger partial charge in [0, 0.05) is 37.6 Å². The number of benzene rings is 1. The first-order chi connectivity index (χ1) is 15.3. The van der Waals surface area contributed by atoms with Gasteiger partial charge in [-0.25, -0.2) is 0 Å². The van der Waals surface area contributed by atoms with E-state index in [0.717, 1.165) is 56.5 Å². The first-order valence-electron chi connectivity index (χ1n) is 10.4. The van der Waals surface area contributed by atoms with Gasteiger partial charge in [-0.1, -0.05) is 42.1 Å². The van der Waals surface area contributed by atoms with E-state index >= 15 is 0 Å². The molecule has 0 atom stereocenters. The first-order valence-corrected chi connectivity index (χ1v) is 12.3. The summed E-state index contributed by atoms with van der Waals surface area (Å²) in [6.07, 6.45) is 2.67. The number of aromatic nitrogens is 3. The third kappa shape index (κ3) is 6.64. The highest BCUT2D eigenvalue weighted by molar-refractivity contribution is 7.99. The molecule has 0 saturated carbocycles. The van der Waals surface area contributed by atoms with Crippen LogP contribution >= 0.6 is 23.1 Å². The fourth-order valence-electron chi connectivity index (χ4n) is 3.45. The predicted molar refractivity (Wildman–Crippen MR) is 123 cm³/mol. The Morgan fingerprint density at radius 1 is 1.16 bits per heavy atom. The average molecular weight is 458 g/mol. The van der Waals surface area contributed by atoms with Crippen molar-refractivity contribution in [1.82, 2.24) is 25.0 Å². The Bertz CT molecular complexity index is 954. The van der Waals surface area contributed by atoms with Gasteiger partial charge in [0.05, 0.1) is 19.0 Å². The standard InChI is InChI=1S/C22H27N5O2S2/c28-21(16-31-22-25-24-17-27(22)8-7-20-6-3-13-30-20)23-14-18-4-1-2-5-19(18)15-26-9-11-29-12-10-26/h1-6,13,17H,7-12,14-16H2,(H,23,28). The van der Waals surface area contributed by atoms with Gasteiger partial charge in [0.2, 0.25) is 5.91 Å². The maximum atomic E-state index is 12.5. The van der Waals surface area contributed by atoms with Gasteiger partial charge in [-0.05, 0) is 29.0 Å². The Morgan fingerprint density at radius 2 is 2.00 bits per heavy atom. The van der Waals surface area contributed by atoms with Crippen molar-refractivity contribution in [3.63, 3.8) is 0 Å². The molecule has 7 nitrogen and oxygen atoms in total. The lowest BCUT2D eigenvalue weighted by Crippen LogP contribution is -2.36. The molecular weight excluding hydrogens is 430 g/mol. The quantitative estimate of drug-likeness (QED) is 0.472. The lowest BCUT2D eigenvalue weighted by Gasteiger charge is -2.27. The predicted octanol–water partition coefficient (Wildman–Crippen LogP) is 2.82. The van der Waals surface area contributed by atoms with Gasteiger partial charge < -0.3 is 14.6 Å². The number of carbonyl (C=O) groups is 1. The molecule has 3 heterocycles. The Hall–Kier alpha value is -2.20. The van der Waals surface area contributed by atoms with Crippen LogP contribution in [0.15, 0.2) is 53.3 Å². The van der Waals surface area contributed by atoms with Gasteiger partial charge >= 0.3 is 0 Å². The van der Waals surface area contributed by atoms with E-state index in [0.29, 0.717) is 12.3 Å². The van der Waals surface area contributed by atoms with Crippen LogP contribution in [0.3, 0.4) is 0 Å². The number of aryl methyl sites for hydroxylation is 2. The van der Waals surface area contributed by atoms with Crippen LogP contribution in [0.1, 0.15) is 16.0 Å². The van der Waals surface area contributed by atoms with E-state index in [9.17, 15) is 4.79 Å². The van der Waals surface area contributed by atoms with Crippen LogP contribution in [0.5, 0.6) is 0 Å². The molecule has 31 heavy (non-hydrogen) atoms. The van der Waals surface area contributed by atoms with Crippen LogP contribution in [0.25, 0.3) is 0 Å². The minimum Gasteiger partial charge on any atom is -0.379 e. The number of carbonyl (C=O) groups excluding carboxylic acids is 1. The Labute approximate surface area is 190 Å². The smallest absolute Gasteiger partial charge is 0.230 e. The number of hydrogen-bond donors (Lipinski definition) is 1. The summed E-state index contributed by atoms with van der Waals surface area (Å²) in [5, 5.41) is 14.1. The molecule has 1 saturated heterocycles. The molecule has 4 rings (SSSR count). The summed E-state index contributed by atoms with van der Waals surface area (Å²) in [5.41, 5.74) is 2.41. The lowest BCUT2D eigenvalue weighted by atomic mass is 10.1. The van der Waals surface area contributed by atoms with Crippen molar-refractivity contribution in [2.75, 3.05) is 32.1 Å². The molecule has 1 aromatic carbocycles. The van der Waals surface area contributed by atoms with Crippen molar-refractivity contribution >= 4 is 29.0 Å². The number of ether oxygens (including phenoxy) is 1. The molecule has 1 fully saturated rings. The maximum absolute atomic E-state index is 12.5. The molecule has 0 aliphatic carbocycles. The number of nitrogens with one attached hydrogen (secondary N) is 1. The second-order valence-corrected chi connectivity index (χ2v) is 9.33. The van der Waals surface area contributed by atoms with Crippen molar-refractivity contribution in [1.29, 1.82) is 0 Å².